The van der Waals surface area contributed by atoms with Gasteiger partial charge in [-0.2, -0.15) is 0 Å². The highest BCUT2D eigenvalue weighted by Crippen LogP contribution is 2.32. The van der Waals surface area contributed by atoms with Crippen molar-refractivity contribution in [2.24, 2.45) is 0 Å². The van der Waals surface area contributed by atoms with Crippen LogP contribution >= 0.6 is 11.3 Å². The van der Waals surface area contributed by atoms with Gasteiger partial charge < -0.3 is 5.32 Å². The van der Waals surface area contributed by atoms with E-state index in [0.29, 0.717) is 16.1 Å². The first-order chi connectivity index (χ1) is 15.0. The Morgan fingerprint density at radius 3 is 2.45 bits per heavy atom. The lowest BCUT2D eigenvalue weighted by atomic mass is 10.0. The first kappa shape index (κ1) is 21.2. The topological polar surface area (TPSA) is 49.4 Å². The predicted molar refractivity (Wildman–Crippen MR) is 122 cm³/mol. The van der Waals surface area contributed by atoms with Gasteiger partial charge in [0.15, 0.2) is 0 Å². The molecule has 0 saturated heterocycles. The number of nitrogens with zero attached hydrogens (tertiary/aromatic N) is 1. The van der Waals surface area contributed by atoms with Crippen molar-refractivity contribution in [1.29, 1.82) is 0 Å². The Balaban J connectivity index is 1.80. The molecule has 4 rings (SSSR count). The second-order valence-corrected chi connectivity index (χ2v) is 8.88. The van der Waals surface area contributed by atoms with E-state index < -0.39 is 11.9 Å². The summed E-state index contributed by atoms with van der Waals surface area (Å²) in [4.78, 5) is 29.1. The summed E-state index contributed by atoms with van der Waals surface area (Å²) in [5.74, 6) is -1.03. The molecule has 1 atom stereocenters. The third kappa shape index (κ3) is 4.85. The minimum absolute atomic E-state index is 0.103. The third-order valence-electron chi connectivity index (χ3n) is 5.64. The Kier molecular flexibility index (Phi) is 6.47. The maximum absolute atomic E-state index is 14.1. The minimum Gasteiger partial charge on any atom is -0.351 e. The van der Waals surface area contributed by atoms with Gasteiger partial charge in [0.2, 0.25) is 5.91 Å². The van der Waals surface area contributed by atoms with Crippen LogP contribution in [0.4, 0.5) is 10.1 Å². The van der Waals surface area contributed by atoms with E-state index in [-0.39, 0.29) is 17.9 Å². The number of halogens is 1. The van der Waals surface area contributed by atoms with Crippen molar-refractivity contribution in [2.75, 3.05) is 4.90 Å². The van der Waals surface area contributed by atoms with Gasteiger partial charge >= 0.3 is 0 Å². The molecule has 0 aliphatic heterocycles. The van der Waals surface area contributed by atoms with Crippen LogP contribution in [0.2, 0.25) is 0 Å². The quantitative estimate of drug-likeness (QED) is 0.543. The van der Waals surface area contributed by atoms with E-state index in [1.807, 2.05) is 36.6 Å². The van der Waals surface area contributed by atoms with Crippen molar-refractivity contribution >= 4 is 28.8 Å². The van der Waals surface area contributed by atoms with Gasteiger partial charge in [0.05, 0.1) is 4.88 Å². The lowest BCUT2D eigenvalue weighted by Gasteiger charge is -2.32. The Bertz CT molecular complexity index is 1040. The summed E-state index contributed by atoms with van der Waals surface area (Å²) >= 11 is 1.30. The molecule has 1 aromatic heterocycles. The standard InChI is InChI=1S/C25H25FN2O2S/c1-17-11-13-18(14-12-17)23(24(29)27-20-7-2-3-8-20)28(21-9-4-6-19(26)16-21)25(30)22-10-5-15-31-22/h4-6,9-16,20,23H,2-3,7-8H2,1H3,(H,27,29)/t23-/m0/s1. The Morgan fingerprint density at radius 2 is 1.81 bits per heavy atom. The fraction of sp³-hybridized carbons (Fsp3) is 0.280. The number of anilines is 1. The number of hydrogen-bond donors (Lipinski definition) is 1. The maximum Gasteiger partial charge on any atom is 0.269 e. The van der Waals surface area contributed by atoms with E-state index in [0.717, 1.165) is 31.2 Å². The summed E-state index contributed by atoms with van der Waals surface area (Å²) < 4.78 is 14.1. The zero-order chi connectivity index (χ0) is 21.8. The molecule has 0 spiro atoms. The molecule has 0 radical (unpaired) electrons. The molecule has 0 bridgehead atoms. The van der Waals surface area contributed by atoms with Crippen molar-refractivity contribution < 1.29 is 14.0 Å². The molecule has 31 heavy (non-hydrogen) atoms. The first-order valence-electron chi connectivity index (χ1n) is 10.5. The molecule has 1 saturated carbocycles. The summed E-state index contributed by atoms with van der Waals surface area (Å²) in [5.41, 5.74) is 2.10. The van der Waals surface area contributed by atoms with Gasteiger partial charge in [-0.05, 0) is 55.0 Å². The van der Waals surface area contributed by atoms with Crippen LogP contribution in [0.25, 0.3) is 0 Å². The van der Waals surface area contributed by atoms with Crippen LogP contribution in [-0.2, 0) is 4.79 Å². The third-order valence-corrected chi connectivity index (χ3v) is 6.50. The van der Waals surface area contributed by atoms with Crippen molar-refractivity contribution in [3.63, 3.8) is 0 Å². The van der Waals surface area contributed by atoms with Gasteiger partial charge in [0, 0.05) is 11.7 Å². The monoisotopic (exact) mass is 436 g/mol. The van der Waals surface area contributed by atoms with Crippen LogP contribution < -0.4 is 10.2 Å². The Hall–Kier alpha value is -2.99. The molecule has 4 nitrogen and oxygen atoms in total. The van der Waals surface area contributed by atoms with Crippen LogP contribution in [0.1, 0.15) is 52.5 Å². The number of benzene rings is 2. The van der Waals surface area contributed by atoms with Crippen molar-refractivity contribution in [3.05, 3.63) is 87.9 Å². The summed E-state index contributed by atoms with van der Waals surface area (Å²) in [6.07, 6.45) is 4.04. The normalized spacial score (nSPS) is 14.9. The number of rotatable bonds is 6. The molecule has 1 heterocycles. The Labute approximate surface area is 185 Å². The molecule has 2 aromatic carbocycles. The number of carbonyl (C=O) groups excluding carboxylic acids is 2. The van der Waals surface area contributed by atoms with Gasteiger partial charge in [-0.1, -0.05) is 54.8 Å². The van der Waals surface area contributed by atoms with Crippen LogP contribution in [-0.4, -0.2) is 17.9 Å². The van der Waals surface area contributed by atoms with Crippen LogP contribution in [0, 0.1) is 12.7 Å². The molecular formula is C25H25FN2O2S. The van der Waals surface area contributed by atoms with E-state index in [9.17, 15) is 14.0 Å². The highest BCUT2D eigenvalue weighted by atomic mass is 32.1. The number of thiophene rings is 1. The fourth-order valence-corrected chi connectivity index (χ4v) is 4.71. The Morgan fingerprint density at radius 1 is 1.06 bits per heavy atom. The number of aryl methyl sites for hydroxylation is 1. The van der Waals surface area contributed by atoms with Crippen LogP contribution in [0.3, 0.4) is 0 Å². The second kappa shape index (κ2) is 9.43. The summed E-state index contributed by atoms with van der Waals surface area (Å²) in [5, 5.41) is 4.95. The molecule has 0 unspecified atom stereocenters. The van der Waals surface area contributed by atoms with E-state index in [2.05, 4.69) is 5.32 Å². The molecule has 6 heteroatoms. The minimum atomic E-state index is -0.905. The van der Waals surface area contributed by atoms with Gasteiger partial charge in [0.1, 0.15) is 11.9 Å². The van der Waals surface area contributed by atoms with Crippen molar-refractivity contribution in [1.82, 2.24) is 5.32 Å². The summed E-state index contributed by atoms with van der Waals surface area (Å²) in [6.45, 7) is 1.97. The van der Waals surface area contributed by atoms with Crippen molar-refractivity contribution in [3.8, 4) is 0 Å². The number of nitrogens with one attached hydrogen (secondary N) is 1. The largest absolute Gasteiger partial charge is 0.351 e. The average molecular weight is 437 g/mol. The molecule has 1 fully saturated rings. The van der Waals surface area contributed by atoms with Gasteiger partial charge in [-0.25, -0.2) is 4.39 Å². The predicted octanol–water partition coefficient (Wildman–Crippen LogP) is 5.64. The van der Waals surface area contributed by atoms with E-state index in [1.54, 1.807) is 24.3 Å². The summed E-state index contributed by atoms with van der Waals surface area (Å²) in [6, 6.07) is 16.1. The number of hydrogen-bond acceptors (Lipinski definition) is 3. The lowest BCUT2D eigenvalue weighted by Crippen LogP contribution is -2.46. The first-order valence-corrected chi connectivity index (χ1v) is 11.4. The van der Waals surface area contributed by atoms with Crippen LogP contribution in [0.5, 0.6) is 0 Å². The average Bonchev–Trinajstić information content (AvgIpc) is 3.46. The number of carbonyl (C=O) groups is 2. The smallest absolute Gasteiger partial charge is 0.269 e. The van der Waals surface area contributed by atoms with Gasteiger partial charge in [-0.3, -0.25) is 14.5 Å². The maximum atomic E-state index is 14.1. The van der Waals surface area contributed by atoms with E-state index in [4.69, 9.17) is 0 Å². The highest BCUT2D eigenvalue weighted by Gasteiger charge is 2.35. The zero-order valence-electron chi connectivity index (χ0n) is 17.4. The van der Waals surface area contributed by atoms with Crippen LogP contribution in [0.15, 0.2) is 66.0 Å². The van der Waals surface area contributed by atoms with E-state index >= 15 is 0 Å². The number of amides is 2. The molecule has 2 amide bonds. The SMILES string of the molecule is Cc1ccc([C@@H](C(=O)NC2CCCC2)N(C(=O)c2cccs2)c2cccc(F)c2)cc1. The van der Waals surface area contributed by atoms with Crippen molar-refractivity contribution in [2.45, 2.75) is 44.7 Å². The second-order valence-electron chi connectivity index (χ2n) is 7.94. The summed E-state index contributed by atoms with van der Waals surface area (Å²) in [7, 11) is 0. The molecule has 3 aromatic rings. The molecular weight excluding hydrogens is 411 g/mol. The molecule has 1 N–H and O–H groups in total. The van der Waals surface area contributed by atoms with Gasteiger partial charge in [0.25, 0.3) is 5.91 Å². The van der Waals surface area contributed by atoms with E-state index in [1.165, 1.54) is 28.4 Å². The zero-order valence-corrected chi connectivity index (χ0v) is 18.2. The highest BCUT2D eigenvalue weighted by molar-refractivity contribution is 7.12. The lowest BCUT2D eigenvalue weighted by molar-refractivity contribution is -0.123. The fourth-order valence-electron chi connectivity index (χ4n) is 4.05. The molecule has 1 aliphatic carbocycles. The molecule has 160 valence electrons. The molecule has 1 aliphatic rings. The van der Waals surface area contributed by atoms with Gasteiger partial charge in [-0.15, -0.1) is 11.3 Å².